The highest BCUT2D eigenvalue weighted by Crippen LogP contribution is 2.25. The van der Waals surface area contributed by atoms with Crippen molar-refractivity contribution in [2.24, 2.45) is 0 Å². The fourth-order valence-corrected chi connectivity index (χ4v) is 2.12. The smallest absolute Gasteiger partial charge is 0.0629 e. The van der Waals surface area contributed by atoms with Gasteiger partial charge >= 0.3 is 0 Å². The Balaban J connectivity index is 2.68. The van der Waals surface area contributed by atoms with Gasteiger partial charge in [0.05, 0.1) is 12.2 Å². The number of nitrogens with one attached hydrogen (secondary N) is 1. The third-order valence-electron chi connectivity index (χ3n) is 2.64. The first kappa shape index (κ1) is 15.8. The van der Waals surface area contributed by atoms with Crippen molar-refractivity contribution in [2.75, 3.05) is 13.7 Å². The van der Waals surface area contributed by atoms with Gasteiger partial charge in [-0.05, 0) is 51.9 Å². The van der Waals surface area contributed by atoms with Crippen molar-refractivity contribution >= 4 is 23.2 Å². The Morgan fingerprint density at radius 2 is 1.78 bits per heavy atom. The van der Waals surface area contributed by atoms with E-state index in [-0.39, 0.29) is 11.6 Å². The summed E-state index contributed by atoms with van der Waals surface area (Å²) in [6.07, 6.45) is 0.755. The van der Waals surface area contributed by atoms with Crippen molar-refractivity contribution < 1.29 is 4.74 Å². The largest absolute Gasteiger partial charge is 0.374 e. The number of likely N-dealkylation sites (N-methyl/N-ethyl adjacent to an activating group) is 1. The Bertz CT molecular complexity index is 368. The summed E-state index contributed by atoms with van der Waals surface area (Å²) in [4.78, 5) is 0. The van der Waals surface area contributed by atoms with Crippen LogP contribution >= 0.6 is 23.2 Å². The number of hydrogen-bond donors (Lipinski definition) is 1. The van der Waals surface area contributed by atoms with E-state index in [0.717, 1.165) is 12.0 Å². The zero-order valence-electron chi connectivity index (χ0n) is 11.4. The minimum atomic E-state index is -0.140. The molecule has 1 aromatic rings. The second-order valence-electron chi connectivity index (χ2n) is 5.31. The van der Waals surface area contributed by atoms with Crippen LogP contribution in [0.2, 0.25) is 10.0 Å². The van der Waals surface area contributed by atoms with Gasteiger partial charge in [-0.15, -0.1) is 0 Å². The van der Waals surface area contributed by atoms with Crippen molar-refractivity contribution in [3.63, 3.8) is 0 Å². The molecule has 0 aromatic heterocycles. The van der Waals surface area contributed by atoms with Crippen molar-refractivity contribution in [1.29, 1.82) is 0 Å². The van der Waals surface area contributed by atoms with Gasteiger partial charge in [-0.1, -0.05) is 29.3 Å². The average molecular weight is 290 g/mol. The first-order valence-electron chi connectivity index (χ1n) is 6.07. The van der Waals surface area contributed by atoms with E-state index in [1.54, 1.807) is 0 Å². The van der Waals surface area contributed by atoms with Crippen LogP contribution in [0.15, 0.2) is 18.2 Å². The molecule has 1 unspecified atom stereocenters. The molecule has 0 saturated heterocycles. The third-order valence-corrected chi connectivity index (χ3v) is 3.35. The zero-order chi connectivity index (χ0) is 13.8. The second kappa shape index (κ2) is 6.76. The SMILES string of the molecule is CNC(COC(C)(C)C)Cc1c(Cl)cccc1Cl. The van der Waals surface area contributed by atoms with Crippen LogP contribution in [0, 0.1) is 0 Å². The fraction of sp³-hybridized carbons (Fsp3) is 0.571. The molecule has 1 atom stereocenters. The maximum absolute atomic E-state index is 6.17. The highest BCUT2D eigenvalue weighted by atomic mass is 35.5. The van der Waals surface area contributed by atoms with Gasteiger partial charge in [-0.25, -0.2) is 0 Å². The molecule has 102 valence electrons. The molecule has 0 aliphatic heterocycles. The van der Waals surface area contributed by atoms with Crippen LogP contribution in [-0.2, 0) is 11.2 Å². The molecule has 0 radical (unpaired) electrons. The molecule has 0 aliphatic rings. The summed E-state index contributed by atoms with van der Waals surface area (Å²) in [7, 11) is 1.92. The molecule has 0 fully saturated rings. The van der Waals surface area contributed by atoms with Crippen molar-refractivity contribution in [2.45, 2.75) is 38.8 Å². The van der Waals surface area contributed by atoms with E-state index >= 15 is 0 Å². The van der Waals surface area contributed by atoms with Gasteiger partial charge in [0.2, 0.25) is 0 Å². The summed E-state index contributed by atoms with van der Waals surface area (Å²) in [5.41, 5.74) is 0.831. The summed E-state index contributed by atoms with van der Waals surface area (Å²) < 4.78 is 5.79. The molecule has 2 nitrogen and oxygen atoms in total. The van der Waals surface area contributed by atoms with Gasteiger partial charge in [-0.2, -0.15) is 0 Å². The number of hydrogen-bond acceptors (Lipinski definition) is 2. The lowest BCUT2D eigenvalue weighted by Crippen LogP contribution is -2.36. The van der Waals surface area contributed by atoms with Gasteiger partial charge in [0.1, 0.15) is 0 Å². The van der Waals surface area contributed by atoms with Gasteiger partial charge in [0, 0.05) is 16.1 Å². The molecule has 0 aliphatic carbocycles. The van der Waals surface area contributed by atoms with Crippen LogP contribution in [-0.4, -0.2) is 25.3 Å². The van der Waals surface area contributed by atoms with Gasteiger partial charge in [0.25, 0.3) is 0 Å². The molecule has 0 spiro atoms. The van der Waals surface area contributed by atoms with E-state index in [1.165, 1.54) is 0 Å². The first-order chi connectivity index (χ1) is 8.33. The quantitative estimate of drug-likeness (QED) is 0.887. The normalized spacial score (nSPS) is 13.7. The number of ether oxygens (including phenoxy) is 1. The molecule has 1 N–H and O–H groups in total. The van der Waals surface area contributed by atoms with Crippen LogP contribution in [0.1, 0.15) is 26.3 Å². The second-order valence-corrected chi connectivity index (χ2v) is 6.13. The summed E-state index contributed by atoms with van der Waals surface area (Å²) in [5, 5.41) is 4.65. The summed E-state index contributed by atoms with van der Waals surface area (Å²) in [5.74, 6) is 0. The van der Waals surface area contributed by atoms with E-state index in [4.69, 9.17) is 27.9 Å². The van der Waals surface area contributed by atoms with Crippen molar-refractivity contribution in [3.8, 4) is 0 Å². The average Bonchev–Trinajstić information content (AvgIpc) is 2.26. The van der Waals surface area contributed by atoms with Crippen LogP contribution in [0.4, 0.5) is 0 Å². The van der Waals surface area contributed by atoms with Crippen molar-refractivity contribution in [3.05, 3.63) is 33.8 Å². The Hall–Kier alpha value is -0.280. The van der Waals surface area contributed by atoms with E-state index in [2.05, 4.69) is 5.32 Å². The summed E-state index contributed by atoms with van der Waals surface area (Å²) in [6, 6.07) is 5.77. The van der Waals surface area contributed by atoms with E-state index in [9.17, 15) is 0 Å². The molecular weight excluding hydrogens is 269 g/mol. The molecule has 0 heterocycles. The van der Waals surface area contributed by atoms with Crippen molar-refractivity contribution in [1.82, 2.24) is 5.32 Å². The first-order valence-corrected chi connectivity index (χ1v) is 6.83. The molecule has 1 aromatic carbocycles. The maximum atomic E-state index is 6.17. The third kappa shape index (κ3) is 5.15. The maximum Gasteiger partial charge on any atom is 0.0629 e. The number of benzene rings is 1. The van der Waals surface area contributed by atoms with Crippen LogP contribution in [0.5, 0.6) is 0 Å². The molecule has 1 rings (SSSR count). The van der Waals surface area contributed by atoms with Gasteiger partial charge < -0.3 is 10.1 Å². The topological polar surface area (TPSA) is 21.3 Å². The highest BCUT2D eigenvalue weighted by Gasteiger charge is 2.17. The Morgan fingerprint density at radius 3 is 2.22 bits per heavy atom. The molecule has 0 bridgehead atoms. The zero-order valence-corrected chi connectivity index (χ0v) is 12.9. The predicted molar refractivity (Wildman–Crippen MR) is 78.7 cm³/mol. The van der Waals surface area contributed by atoms with Crippen LogP contribution < -0.4 is 5.32 Å². The van der Waals surface area contributed by atoms with Crippen LogP contribution in [0.3, 0.4) is 0 Å². The number of halogens is 2. The number of rotatable bonds is 5. The molecule has 0 amide bonds. The molecular formula is C14H21Cl2NO. The van der Waals surface area contributed by atoms with E-state index < -0.39 is 0 Å². The lowest BCUT2D eigenvalue weighted by molar-refractivity contribution is -0.0134. The minimum absolute atomic E-state index is 0.140. The molecule has 4 heteroatoms. The highest BCUT2D eigenvalue weighted by molar-refractivity contribution is 6.35. The summed E-state index contributed by atoms with van der Waals surface area (Å²) in [6.45, 7) is 6.76. The van der Waals surface area contributed by atoms with E-state index in [0.29, 0.717) is 16.7 Å². The Morgan fingerprint density at radius 1 is 1.22 bits per heavy atom. The molecule has 18 heavy (non-hydrogen) atoms. The van der Waals surface area contributed by atoms with Gasteiger partial charge in [0.15, 0.2) is 0 Å². The fourth-order valence-electron chi connectivity index (χ4n) is 1.57. The Kier molecular flexibility index (Phi) is 5.93. The van der Waals surface area contributed by atoms with E-state index in [1.807, 2.05) is 46.0 Å². The molecule has 0 saturated carbocycles. The monoisotopic (exact) mass is 289 g/mol. The van der Waals surface area contributed by atoms with Crippen LogP contribution in [0.25, 0.3) is 0 Å². The standard InChI is InChI=1S/C14H21Cl2NO/c1-14(2,3)18-9-10(17-4)8-11-12(15)6-5-7-13(11)16/h5-7,10,17H,8-9H2,1-4H3. The Labute approximate surface area is 120 Å². The van der Waals surface area contributed by atoms with Gasteiger partial charge in [-0.3, -0.25) is 0 Å². The lowest BCUT2D eigenvalue weighted by Gasteiger charge is -2.24. The minimum Gasteiger partial charge on any atom is -0.374 e. The predicted octanol–water partition coefficient (Wildman–Crippen LogP) is 3.94. The summed E-state index contributed by atoms with van der Waals surface area (Å²) >= 11 is 12.3. The lowest BCUT2D eigenvalue weighted by atomic mass is 10.1.